The number of methoxy groups -OCH3 is 1. The van der Waals surface area contributed by atoms with Crippen molar-refractivity contribution >= 4 is 5.91 Å². The molecule has 0 N–H and O–H groups in total. The van der Waals surface area contributed by atoms with Gasteiger partial charge in [-0.25, -0.2) is 0 Å². The number of ether oxygens (including phenoxy) is 1. The fraction of sp³-hybridized carbons (Fsp3) is 0.667. The Morgan fingerprint density at radius 2 is 2.17 bits per heavy atom. The summed E-state index contributed by atoms with van der Waals surface area (Å²) in [6.07, 6.45) is 10.8. The first-order valence-corrected chi connectivity index (χ1v) is 8.49. The van der Waals surface area contributed by atoms with Crippen LogP contribution in [0.15, 0.2) is 25.0 Å². The third kappa shape index (κ3) is 4.44. The molecular weight excluding hydrogens is 290 g/mol. The van der Waals surface area contributed by atoms with Gasteiger partial charge in [0.1, 0.15) is 0 Å². The van der Waals surface area contributed by atoms with Gasteiger partial charge in [0.2, 0.25) is 5.91 Å². The minimum atomic E-state index is -0.217. The van der Waals surface area contributed by atoms with Crippen LogP contribution in [0.5, 0.6) is 0 Å². The van der Waals surface area contributed by atoms with E-state index >= 15 is 0 Å². The molecule has 1 saturated carbocycles. The third-order valence-corrected chi connectivity index (χ3v) is 4.72. The minimum absolute atomic E-state index is 0.0516. The number of carbonyl (C=O) groups is 1. The quantitative estimate of drug-likeness (QED) is 0.724. The maximum Gasteiger partial charge on any atom is 0.246 e. The lowest BCUT2D eigenvalue weighted by atomic mass is 9.84. The van der Waals surface area contributed by atoms with Gasteiger partial charge in [0.15, 0.2) is 0 Å². The predicted octanol–water partition coefficient (Wildman–Crippen LogP) is 3.33. The molecule has 1 aromatic heterocycles. The first kappa shape index (κ1) is 17.7. The van der Waals surface area contributed by atoms with Gasteiger partial charge in [0.25, 0.3) is 0 Å². The molecule has 128 valence electrons. The number of hydrogen-bond donors (Lipinski definition) is 0. The van der Waals surface area contributed by atoms with E-state index in [1.54, 1.807) is 7.11 Å². The van der Waals surface area contributed by atoms with E-state index < -0.39 is 0 Å². The number of aromatic nitrogens is 2. The standard InChI is InChI=1S/C18H29N3O2/c1-5-17(22)20(12-16-11-19-21(13-16)15(2)3)14-18(23-4)9-7-6-8-10-18/h5,11,13,15H,1,6-10,12,14H2,2-4H3. The number of hydrogen-bond acceptors (Lipinski definition) is 3. The molecule has 5 heteroatoms. The summed E-state index contributed by atoms with van der Waals surface area (Å²) in [4.78, 5) is 14.2. The summed E-state index contributed by atoms with van der Waals surface area (Å²) in [6, 6.07) is 0.316. The van der Waals surface area contributed by atoms with Crippen molar-refractivity contribution in [2.75, 3.05) is 13.7 Å². The molecule has 23 heavy (non-hydrogen) atoms. The van der Waals surface area contributed by atoms with Crippen molar-refractivity contribution in [2.24, 2.45) is 0 Å². The molecule has 1 amide bonds. The summed E-state index contributed by atoms with van der Waals surface area (Å²) < 4.78 is 7.75. The van der Waals surface area contributed by atoms with E-state index in [0.717, 1.165) is 31.2 Å². The fourth-order valence-electron chi connectivity index (χ4n) is 3.27. The molecule has 0 aromatic carbocycles. The van der Waals surface area contributed by atoms with Gasteiger partial charge in [-0.1, -0.05) is 25.8 Å². The number of carbonyl (C=O) groups excluding carboxylic acids is 1. The maximum absolute atomic E-state index is 12.3. The highest BCUT2D eigenvalue weighted by atomic mass is 16.5. The second kappa shape index (κ2) is 7.77. The second-order valence-electron chi connectivity index (χ2n) is 6.77. The van der Waals surface area contributed by atoms with Crippen LogP contribution in [0.3, 0.4) is 0 Å². The molecule has 2 rings (SSSR count). The Kier molecular flexibility index (Phi) is 5.99. The lowest BCUT2D eigenvalue weighted by Crippen LogP contribution is -2.47. The summed E-state index contributed by atoms with van der Waals surface area (Å²) in [5.41, 5.74) is 0.821. The van der Waals surface area contributed by atoms with Gasteiger partial charge in [-0.2, -0.15) is 5.10 Å². The van der Waals surface area contributed by atoms with E-state index in [0.29, 0.717) is 19.1 Å². The topological polar surface area (TPSA) is 47.4 Å². The Morgan fingerprint density at radius 1 is 1.48 bits per heavy atom. The third-order valence-electron chi connectivity index (χ3n) is 4.72. The average molecular weight is 319 g/mol. The van der Waals surface area contributed by atoms with Gasteiger partial charge >= 0.3 is 0 Å². The molecule has 0 saturated heterocycles. The Hall–Kier alpha value is -1.62. The Bertz CT molecular complexity index is 530. The van der Waals surface area contributed by atoms with E-state index in [2.05, 4.69) is 25.5 Å². The van der Waals surface area contributed by atoms with E-state index in [-0.39, 0.29) is 11.5 Å². The summed E-state index contributed by atoms with van der Waals surface area (Å²) in [5, 5.41) is 4.36. The summed E-state index contributed by atoms with van der Waals surface area (Å²) in [6.45, 7) is 8.98. The normalized spacial score (nSPS) is 17.2. The lowest BCUT2D eigenvalue weighted by Gasteiger charge is -2.39. The van der Waals surface area contributed by atoms with Crippen LogP contribution in [-0.4, -0.2) is 39.8 Å². The lowest BCUT2D eigenvalue weighted by molar-refractivity contribution is -0.133. The number of rotatable bonds is 7. The fourth-order valence-corrected chi connectivity index (χ4v) is 3.27. The van der Waals surface area contributed by atoms with Crippen LogP contribution in [0.4, 0.5) is 0 Å². The smallest absolute Gasteiger partial charge is 0.246 e. The molecule has 0 spiro atoms. The highest BCUT2D eigenvalue weighted by Crippen LogP contribution is 2.32. The van der Waals surface area contributed by atoms with Crippen molar-refractivity contribution in [1.29, 1.82) is 0 Å². The van der Waals surface area contributed by atoms with Gasteiger partial charge < -0.3 is 9.64 Å². The van der Waals surface area contributed by atoms with E-state index in [4.69, 9.17) is 4.74 Å². The molecular formula is C18H29N3O2. The highest BCUT2D eigenvalue weighted by molar-refractivity contribution is 5.87. The highest BCUT2D eigenvalue weighted by Gasteiger charge is 2.35. The first-order valence-electron chi connectivity index (χ1n) is 8.49. The van der Waals surface area contributed by atoms with E-state index in [1.165, 1.54) is 12.5 Å². The van der Waals surface area contributed by atoms with Crippen molar-refractivity contribution < 1.29 is 9.53 Å². The van der Waals surface area contributed by atoms with Crippen molar-refractivity contribution in [3.63, 3.8) is 0 Å². The maximum atomic E-state index is 12.3. The minimum Gasteiger partial charge on any atom is -0.376 e. The van der Waals surface area contributed by atoms with Gasteiger partial charge in [0, 0.05) is 31.5 Å². The zero-order valence-electron chi connectivity index (χ0n) is 14.6. The summed E-state index contributed by atoms with van der Waals surface area (Å²) >= 11 is 0. The van der Waals surface area contributed by atoms with Crippen LogP contribution in [-0.2, 0) is 16.1 Å². The number of nitrogens with zero attached hydrogens (tertiary/aromatic N) is 3. The molecule has 0 aliphatic heterocycles. The predicted molar refractivity (Wildman–Crippen MR) is 91.1 cm³/mol. The SMILES string of the molecule is C=CC(=O)N(Cc1cnn(C(C)C)c1)CC1(OC)CCCCC1. The largest absolute Gasteiger partial charge is 0.376 e. The molecule has 0 atom stereocenters. The zero-order valence-corrected chi connectivity index (χ0v) is 14.6. The van der Waals surface area contributed by atoms with Crippen LogP contribution in [0.25, 0.3) is 0 Å². The monoisotopic (exact) mass is 319 g/mol. The molecule has 1 heterocycles. The Morgan fingerprint density at radius 3 is 2.70 bits per heavy atom. The second-order valence-corrected chi connectivity index (χ2v) is 6.77. The average Bonchev–Trinajstić information content (AvgIpc) is 3.03. The van der Waals surface area contributed by atoms with Crippen LogP contribution in [0, 0.1) is 0 Å². The molecule has 0 radical (unpaired) electrons. The van der Waals surface area contributed by atoms with E-state index in [1.807, 2.05) is 22.0 Å². The molecule has 1 aliphatic carbocycles. The first-order chi connectivity index (χ1) is 11.0. The van der Waals surface area contributed by atoms with Crippen LogP contribution < -0.4 is 0 Å². The number of amides is 1. The van der Waals surface area contributed by atoms with Gasteiger partial charge in [-0.05, 0) is 32.8 Å². The van der Waals surface area contributed by atoms with Crippen molar-refractivity contribution in [1.82, 2.24) is 14.7 Å². The van der Waals surface area contributed by atoms with Gasteiger partial charge in [-0.3, -0.25) is 9.48 Å². The van der Waals surface area contributed by atoms with Gasteiger partial charge in [0.05, 0.1) is 18.3 Å². The van der Waals surface area contributed by atoms with E-state index in [9.17, 15) is 4.79 Å². The molecule has 0 unspecified atom stereocenters. The van der Waals surface area contributed by atoms with Crippen LogP contribution >= 0.6 is 0 Å². The molecule has 5 nitrogen and oxygen atoms in total. The van der Waals surface area contributed by atoms with Crippen LogP contribution in [0.2, 0.25) is 0 Å². The molecule has 1 fully saturated rings. The van der Waals surface area contributed by atoms with Crippen molar-refractivity contribution in [3.8, 4) is 0 Å². The van der Waals surface area contributed by atoms with Crippen LogP contribution in [0.1, 0.15) is 57.6 Å². The van der Waals surface area contributed by atoms with Crippen molar-refractivity contribution in [2.45, 2.75) is 64.1 Å². The Balaban J connectivity index is 2.12. The summed E-state index contributed by atoms with van der Waals surface area (Å²) in [7, 11) is 1.76. The molecule has 0 bridgehead atoms. The zero-order chi connectivity index (χ0) is 16.9. The molecule has 1 aliphatic rings. The summed E-state index contributed by atoms with van der Waals surface area (Å²) in [5.74, 6) is -0.0516. The molecule has 1 aromatic rings. The van der Waals surface area contributed by atoms with Gasteiger partial charge in [-0.15, -0.1) is 0 Å². The Labute approximate surface area is 139 Å². The van der Waals surface area contributed by atoms with Crippen molar-refractivity contribution in [3.05, 3.63) is 30.6 Å².